The van der Waals surface area contributed by atoms with Crippen molar-refractivity contribution in [2.24, 2.45) is 0 Å². The van der Waals surface area contributed by atoms with E-state index in [4.69, 9.17) is 9.47 Å². The highest BCUT2D eigenvalue weighted by Gasteiger charge is 2.21. The van der Waals surface area contributed by atoms with Crippen LogP contribution in [0.4, 0.5) is 0 Å². The highest BCUT2D eigenvalue weighted by Crippen LogP contribution is 2.22. The highest BCUT2D eigenvalue weighted by atomic mass is 16.7. The van der Waals surface area contributed by atoms with Gasteiger partial charge in [0.15, 0.2) is 6.29 Å². The Hall–Kier alpha value is -0.0800. The van der Waals surface area contributed by atoms with Gasteiger partial charge in [0, 0.05) is 0 Å². The number of rotatable bonds is 3. The Morgan fingerprint density at radius 1 is 1.42 bits per heavy atom. The first-order chi connectivity index (χ1) is 5.72. The minimum Gasteiger partial charge on any atom is -0.350 e. The largest absolute Gasteiger partial charge is 0.350 e. The molecule has 2 atom stereocenters. The lowest BCUT2D eigenvalue weighted by molar-refractivity contribution is -0.209. The molecule has 72 valence electrons. The lowest BCUT2D eigenvalue weighted by atomic mass is 10.1. The van der Waals surface area contributed by atoms with Crippen LogP contribution in [0.15, 0.2) is 0 Å². The van der Waals surface area contributed by atoms with Crippen molar-refractivity contribution in [2.75, 3.05) is 0 Å². The molecule has 2 nitrogen and oxygen atoms in total. The van der Waals surface area contributed by atoms with Gasteiger partial charge < -0.3 is 9.47 Å². The Kier molecular flexibility index (Phi) is 4.02. The second-order valence-electron chi connectivity index (χ2n) is 3.71. The van der Waals surface area contributed by atoms with Crippen molar-refractivity contribution in [2.45, 2.75) is 65.0 Å². The topological polar surface area (TPSA) is 18.5 Å². The van der Waals surface area contributed by atoms with Crippen molar-refractivity contribution in [3.63, 3.8) is 0 Å². The third-order valence-electron chi connectivity index (χ3n) is 2.19. The normalized spacial score (nSPS) is 31.0. The Balaban J connectivity index is 2.25. The molecule has 2 unspecified atom stereocenters. The lowest BCUT2D eigenvalue weighted by Gasteiger charge is -2.30. The fraction of sp³-hybridized carbons (Fsp3) is 1.00. The predicted molar refractivity (Wildman–Crippen MR) is 49.0 cm³/mol. The van der Waals surface area contributed by atoms with Crippen molar-refractivity contribution in [3.05, 3.63) is 0 Å². The van der Waals surface area contributed by atoms with Crippen LogP contribution in [-0.2, 0) is 9.47 Å². The van der Waals surface area contributed by atoms with Gasteiger partial charge in [0.05, 0.1) is 12.2 Å². The molecule has 0 amide bonds. The number of hydrogen-bond donors (Lipinski definition) is 0. The van der Waals surface area contributed by atoms with Crippen molar-refractivity contribution in [1.29, 1.82) is 0 Å². The van der Waals surface area contributed by atoms with Crippen LogP contribution < -0.4 is 0 Å². The predicted octanol–water partition coefficient (Wildman–Crippen LogP) is 2.72. The zero-order valence-electron chi connectivity index (χ0n) is 8.38. The van der Waals surface area contributed by atoms with Gasteiger partial charge in [0.25, 0.3) is 0 Å². The lowest BCUT2D eigenvalue weighted by Crippen LogP contribution is -2.31. The Labute approximate surface area is 75.2 Å². The van der Waals surface area contributed by atoms with Crippen molar-refractivity contribution in [1.82, 2.24) is 0 Å². The van der Waals surface area contributed by atoms with Crippen LogP contribution in [0, 0.1) is 0 Å². The Morgan fingerprint density at radius 3 is 2.75 bits per heavy atom. The summed E-state index contributed by atoms with van der Waals surface area (Å²) in [7, 11) is 0. The standard InChI is InChI=1S/C10H20O2/c1-4-9-6-5-7-10(12-9)11-8(2)3/h8-10H,4-7H2,1-3H3. The van der Waals surface area contributed by atoms with E-state index >= 15 is 0 Å². The van der Waals surface area contributed by atoms with E-state index in [2.05, 4.69) is 20.8 Å². The van der Waals surface area contributed by atoms with E-state index in [0.29, 0.717) is 6.10 Å². The first-order valence-corrected chi connectivity index (χ1v) is 5.03. The molecular weight excluding hydrogens is 152 g/mol. The van der Waals surface area contributed by atoms with Crippen LogP contribution in [0.5, 0.6) is 0 Å². The van der Waals surface area contributed by atoms with Crippen molar-refractivity contribution in [3.8, 4) is 0 Å². The van der Waals surface area contributed by atoms with Gasteiger partial charge >= 0.3 is 0 Å². The summed E-state index contributed by atoms with van der Waals surface area (Å²) < 4.78 is 11.3. The van der Waals surface area contributed by atoms with Gasteiger partial charge in [-0.1, -0.05) is 6.92 Å². The van der Waals surface area contributed by atoms with Crippen LogP contribution in [0.2, 0.25) is 0 Å². The van der Waals surface area contributed by atoms with Gasteiger partial charge in [0.2, 0.25) is 0 Å². The fourth-order valence-corrected chi connectivity index (χ4v) is 1.57. The van der Waals surface area contributed by atoms with E-state index in [1.165, 1.54) is 12.8 Å². The molecule has 1 aliphatic rings. The molecule has 1 aliphatic heterocycles. The van der Waals surface area contributed by atoms with Gasteiger partial charge in [-0.05, 0) is 39.5 Å². The second-order valence-corrected chi connectivity index (χ2v) is 3.71. The first-order valence-electron chi connectivity index (χ1n) is 5.03. The molecule has 12 heavy (non-hydrogen) atoms. The summed E-state index contributed by atoms with van der Waals surface area (Å²) in [6, 6.07) is 0. The molecule has 0 aromatic heterocycles. The maximum Gasteiger partial charge on any atom is 0.158 e. The van der Waals surface area contributed by atoms with Gasteiger partial charge in [-0.25, -0.2) is 0 Å². The van der Waals surface area contributed by atoms with Crippen LogP contribution in [-0.4, -0.2) is 18.5 Å². The molecule has 1 saturated heterocycles. The first kappa shape index (κ1) is 10.0. The Bertz CT molecular complexity index is 123. The summed E-state index contributed by atoms with van der Waals surface area (Å²) >= 11 is 0. The molecule has 0 saturated carbocycles. The van der Waals surface area contributed by atoms with Gasteiger partial charge in [-0.2, -0.15) is 0 Å². The maximum absolute atomic E-state index is 5.72. The molecule has 0 N–H and O–H groups in total. The Morgan fingerprint density at radius 2 is 2.17 bits per heavy atom. The van der Waals surface area contributed by atoms with E-state index in [0.717, 1.165) is 12.8 Å². The van der Waals surface area contributed by atoms with E-state index in [1.807, 2.05) is 0 Å². The number of ether oxygens (including phenoxy) is 2. The average molecular weight is 172 g/mol. The summed E-state index contributed by atoms with van der Waals surface area (Å²) in [5.74, 6) is 0. The molecule has 0 radical (unpaired) electrons. The summed E-state index contributed by atoms with van der Waals surface area (Å²) in [4.78, 5) is 0. The fourth-order valence-electron chi connectivity index (χ4n) is 1.57. The van der Waals surface area contributed by atoms with Crippen LogP contribution in [0.1, 0.15) is 46.5 Å². The average Bonchev–Trinajstić information content (AvgIpc) is 2.03. The van der Waals surface area contributed by atoms with Crippen LogP contribution in [0.25, 0.3) is 0 Å². The molecule has 2 heteroatoms. The maximum atomic E-state index is 5.72. The monoisotopic (exact) mass is 172 g/mol. The molecule has 0 aromatic rings. The number of hydrogen-bond acceptors (Lipinski definition) is 2. The molecule has 1 rings (SSSR count). The SMILES string of the molecule is CCC1CCCC(OC(C)C)O1. The quantitative estimate of drug-likeness (QED) is 0.651. The summed E-state index contributed by atoms with van der Waals surface area (Å²) in [5.41, 5.74) is 0. The van der Waals surface area contributed by atoms with Crippen LogP contribution in [0.3, 0.4) is 0 Å². The molecule has 1 fully saturated rings. The van der Waals surface area contributed by atoms with E-state index in [9.17, 15) is 0 Å². The highest BCUT2D eigenvalue weighted by molar-refractivity contribution is 4.64. The van der Waals surface area contributed by atoms with E-state index in [1.54, 1.807) is 0 Å². The van der Waals surface area contributed by atoms with Crippen molar-refractivity contribution >= 4 is 0 Å². The molecule has 0 bridgehead atoms. The van der Waals surface area contributed by atoms with E-state index < -0.39 is 0 Å². The van der Waals surface area contributed by atoms with Gasteiger partial charge in [-0.3, -0.25) is 0 Å². The van der Waals surface area contributed by atoms with Gasteiger partial charge in [0.1, 0.15) is 0 Å². The zero-order chi connectivity index (χ0) is 8.97. The summed E-state index contributed by atoms with van der Waals surface area (Å²) in [6.07, 6.45) is 5.40. The summed E-state index contributed by atoms with van der Waals surface area (Å²) in [5, 5.41) is 0. The smallest absolute Gasteiger partial charge is 0.158 e. The van der Waals surface area contributed by atoms with E-state index in [-0.39, 0.29) is 12.4 Å². The third-order valence-corrected chi connectivity index (χ3v) is 2.19. The zero-order valence-corrected chi connectivity index (χ0v) is 8.38. The molecule has 0 spiro atoms. The molecule has 0 aromatic carbocycles. The van der Waals surface area contributed by atoms with Crippen molar-refractivity contribution < 1.29 is 9.47 Å². The minimum absolute atomic E-state index is 0.0590. The molecule has 1 heterocycles. The minimum atomic E-state index is 0.0590. The second kappa shape index (κ2) is 4.83. The van der Waals surface area contributed by atoms with Crippen LogP contribution >= 0.6 is 0 Å². The summed E-state index contributed by atoms with van der Waals surface area (Å²) in [6.45, 7) is 6.28. The molecular formula is C10H20O2. The molecule has 0 aliphatic carbocycles. The third kappa shape index (κ3) is 3.11. The van der Waals surface area contributed by atoms with Gasteiger partial charge in [-0.15, -0.1) is 0 Å².